The van der Waals surface area contributed by atoms with Crippen LogP contribution in [0.4, 0.5) is 26.8 Å². The van der Waals surface area contributed by atoms with Crippen LogP contribution in [0.1, 0.15) is 71.6 Å². The third-order valence-electron chi connectivity index (χ3n) is 7.39. The van der Waals surface area contributed by atoms with Crippen molar-refractivity contribution in [3.05, 3.63) is 90.1 Å². The summed E-state index contributed by atoms with van der Waals surface area (Å²) in [5, 5.41) is 10.4. The molecule has 0 saturated carbocycles. The van der Waals surface area contributed by atoms with Crippen molar-refractivity contribution >= 4 is 52.0 Å². The lowest BCUT2D eigenvalue weighted by Crippen LogP contribution is -2.44. The summed E-state index contributed by atoms with van der Waals surface area (Å²) in [6.07, 6.45) is 0.498. The predicted molar refractivity (Wildman–Crippen MR) is 191 cm³/mol. The Labute approximate surface area is 291 Å². The Hall–Kier alpha value is -5.65. The highest BCUT2D eigenvalue weighted by Gasteiger charge is 2.34. The number of pyridine rings is 1. The molecular weight excluding hydrogens is 638 g/mol. The molecule has 12 heteroatoms. The number of rotatable bonds is 3. The minimum Gasteiger partial charge on any atom is -0.494 e. The number of nitrogens with one attached hydrogen (secondary N) is 3. The van der Waals surface area contributed by atoms with E-state index in [1.165, 1.54) is 6.20 Å². The largest absolute Gasteiger partial charge is 0.494 e. The summed E-state index contributed by atoms with van der Waals surface area (Å²) in [6.45, 7) is 10.8. The van der Waals surface area contributed by atoms with Crippen LogP contribution in [0.15, 0.2) is 79.0 Å². The van der Waals surface area contributed by atoms with Crippen LogP contribution in [0, 0.1) is 0 Å². The molecule has 0 aliphatic carbocycles. The number of benzene rings is 3. The van der Waals surface area contributed by atoms with E-state index in [4.69, 9.17) is 14.2 Å². The maximum Gasteiger partial charge on any atom is 0.425 e. The third kappa shape index (κ3) is 9.49. The molecule has 1 aromatic heterocycles. The number of nitrogens with zero attached hydrogens (tertiary/aromatic N) is 2. The summed E-state index contributed by atoms with van der Waals surface area (Å²) in [5.41, 5.74) is 1.01. The Morgan fingerprint density at radius 3 is 2.28 bits per heavy atom. The average Bonchev–Trinajstić information content (AvgIpc) is 3.03. The first-order chi connectivity index (χ1) is 23.6. The monoisotopic (exact) mass is 681 g/mol. The van der Waals surface area contributed by atoms with Gasteiger partial charge in [0.15, 0.2) is 5.82 Å². The number of amides is 4. The lowest BCUT2D eigenvalue weighted by molar-refractivity contribution is -0.122. The quantitative estimate of drug-likeness (QED) is 0.200. The molecule has 0 radical (unpaired) electrons. The van der Waals surface area contributed by atoms with E-state index in [9.17, 15) is 19.2 Å². The summed E-state index contributed by atoms with van der Waals surface area (Å²) in [6, 6.07) is 20.8. The topological polar surface area (TPSA) is 148 Å². The Bertz CT molecular complexity index is 1850. The van der Waals surface area contributed by atoms with Crippen molar-refractivity contribution in [3.63, 3.8) is 0 Å². The molecule has 3 heterocycles. The number of carbonyl (C=O) groups excluding carboxylic acids is 4. The van der Waals surface area contributed by atoms with Gasteiger partial charge < -0.3 is 30.2 Å². The first kappa shape index (κ1) is 35.7. The number of hydrogen-bond donors (Lipinski definition) is 3. The van der Waals surface area contributed by atoms with Gasteiger partial charge in [-0.3, -0.25) is 9.59 Å². The normalized spacial score (nSPS) is 15.6. The SMILES string of the molecule is CC(C)(C)OC(=O)N(C(=O)OC(C)(C)C)c1nccc2cc(NC3C(=O)NCc4cccc(c4)NC(=O)CCCOc4ccc3cc4)ccc12. The van der Waals surface area contributed by atoms with Crippen molar-refractivity contribution < 1.29 is 33.4 Å². The van der Waals surface area contributed by atoms with Gasteiger partial charge in [-0.2, -0.15) is 4.90 Å². The second-order valence-electron chi connectivity index (χ2n) is 13.9. The van der Waals surface area contributed by atoms with Gasteiger partial charge in [0.05, 0.1) is 6.61 Å². The van der Waals surface area contributed by atoms with E-state index >= 15 is 0 Å². The zero-order valence-corrected chi connectivity index (χ0v) is 29.2. The molecule has 50 heavy (non-hydrogen) atoms. The number of anilines is 3. The average molecular weight is 682 g/mol. The molecule has 6 rings (SSSR count). The van der Waals surface area contributed by atoms with E-state index in [0.717, 1.165) is 10.5 Å². The van der Waals surface area contributed by atoms with Crippen LogP contribution in [0.2, 0.25) is 0 Å². The fourth-order valence-electron chi connectivity index (χ4n) is 5.21. The first-order valence-corrected chi connectivity index (χ1v) is 16.5. The van der Waals surface area contributed by atoms with Crippen LogP contribution in [0.25, 0.3) is 10.8 Å². The lowest BCUT2D eigenvalue weighted by atomic mass is 10.0. The molecule has 4 amide bonds. The highest BCUT2D eigenvalue weighted by atomic mass is 16.6. The highest BCUT2D eigenvalue weighted by molar-refractivity contribution is 6.14. The molecular formula is C38H43N5O7. The lowest BCUT2D eigenvalue weighted by Gasteiger charge is -2.28. The Morgan fingerprint density at radius 1 is 0.900 bits per heavy atom. The minimum atomic E-state index is -0.923. The Morgan fingerprint density at radius 2 is 1.60 bits per heavy atom. The summed E-state index contributed by atoms with van der Waals surface area (Å²) in [4.78, 5) is 58.1. The van der Waals surface area contributed by atoms with Crippen molar-refractivity contribution in [2.75, 3.05) is 22.1 Å². The van der Waals surface area contributed by atoms with Gasteiger partial charge in [0, 0.05) is 35.9 Å². The summed E-state index contributed by atoms with van der Waals surface area (Å²) in [5.74, 6) is 0.271. The van der Waals surface area contributed by atoms with E-state index in [-0.39, 0.29) is 24.2 Å². The predicted octanol–water partition coefficient (Wildman–Crippen LogP) is 7.49. The van der Waals surface area contributed by atoms with E-state index < -0.39 is 29.4 Å². The molecule has 2 aliphatic rings. The molecule has 1 unspecified atom stereocenters. The van der Waals surface area contributed by atoms with Crippen LogP contribution in [-0.2, 0) is 25.6 Å². The molecule has 3 N–H and O–H groups in total. The van der Waals surface area contributed by atoms with Gasteiger partial charge in [-0.05, 0) is 113 Å². The van der Waals surface area contributed by atoms with Gasteiger partial charge in [0.1, 0.15) is 23.0 Å². The Balaban J connectivity index is 1.47. The molecule has 0 fully saturated rings. The van der Waals surface area contributed by atoms with Gasteiger partial charge in [-0.25, -0.2) is 14.6 Å². The van der Waals surface area contributed by atoms with E-state index in [1.54, 1.807) is 77.9 Å². The van der Waals surface area contributed by atoms with E-state index in [2.05, 4.69) is 20.9 Å². The highest BCUT2D eigenvalue weighted by Crippen LogP contribution is 2.31. The number of fused-ring (bicyclic) bond motifs is 11. The third-order valence-corrected chi connectivity index (χ3v) is 7.39. The minimum absolute atomic E-state index is 0.0461. The fourth-order valence-corrected chi connectivity index (χ4v) is 5.21. The number of imide groups is 1. The molecule has 0 spiro atoms. The summed E-state index contributed by atoms with van der Waals surface area (Å²) in [7, 11) is 0. The first-order valence-electron chi connectivity index (χ1n) is 16.5. The van der Waals surface area contributed by atoms with Gasteiger partial charge in [-0.15, -0.1) is 0 Å². The number of hydrogen-bond acceptors (Lipinski definition) is 9. The summed E-state index contributed by atoms with van der Waals surface area (Å²) >= 11 is 0. The Kier molecular flexibility index (Phi) is 10.6. The van der Waals surface area contributed by atoms with Crippen LogP contribution in [-0.4, -0.2) is 46.8 Å². The van der Waals surface area contributed by atoms with Crippen molar-refractivity contribution in [2.24, 2.45) is 0 Å². The molecule has 0 saturated heterocycles. The number of ether oxygens (including phenoxy) is 3. The van der Waals surface area contributed by atoms with Crippen LogP contribution in [0.3, 0.4) is 0 Å². The van der Waals surface area contributed by atoms with Crippen molar-refractivity contribution in [1.29, 1.82) is 0 Å². The molecule has 1 atom stereocenters. The van der Waals surface area contributed by atoms with Crippen LogP contribution in [0.5, 0.6) is 5.75 Å². The second kappa shape index (κ2) is 14.9. The van der Waals surface area contributed by atoms with E-state index in [0.29, 0.717) is 52.9 Å². The van der Waals surface area contributed by atoms with Gasteiger partial charge in [0.2, 0.25) is 11.8 Å². The van der Waals surface area contributed by atoms with Crippen molar-refractivity contribution in [2.45, 2.75) is 78.2 Å². The molecule has 262 valence electrons. The van der Waals surface area contributed by atoms with Crippen LogP contribution >= 0.6 is 0 Å². The van der Waals surface area contributed by atoms with Gasteiger partial charge in [-0.1, -0.05) is 24.3 Å². The maximum absolute atomic E-state index is 13.8. The summed E-state index contributed by atoms with van der Waals surface area (Å²) < 4.78 is 17.0. The van der Waals surface area contributed by atoms with Crippen molar-refractivity contribution in [1.82, 2.24) is 10.3 Å². The molecule has 3 aromatic carbocycles. The molecule has 4 aromatic rings. The number of aromatic nitrogens is 1. The molecule has 2 aliphatic heterocycles. The van der Waals surface area contributed by atoms with E-state index in [1.807, 2.05) is 36.4 Å². The zero-order valence-electron chi connectivity index (χ0n) is 29.2. The molecule has 12 nitrogen and oxygen atoms in total. The second-order valence-corrected chi connectivity index (χ2v) is 13.9. The van der Waals surface area contributed by atoms with Crippen molar-refractivity contribution in [3.8, 4) is 5.75 Å². The molecule has 4 bridgehead atoms. The van der Waals surface area contributed by atoms with Gasteiger partial charge in [0.25, 0.3) is 0 Å². The number of carbonyl (C=O) groups is 4. The standard InChI is InChI=1S/C38H43N5O7/c1-37(2,3)49-35(46)43(36(47)50-38(4,5)6)33-30-17-14-28(22-26(30)18-19-39-33)42-32-25-12-15-29(16-13-25)48-20-8-11-31(44)41-27-10-7-9-24(21-27)23-40-34(32)45/h7,9-10,12-19,21-22,32,42H,8,11,20,23H2,1-6H3,(H,40,45)(H,41,44). The zero-order chi connectivity index (χ0) is 36.1. The fraction of sp³-hybridized carbons (Fsp3) is 0.342. The van der Waals surface area contributed by atoms with Crippen LogP contribution < -0.4 is 25.6 Å². The van der Waals surface area contributed by atoms with Gasteiger partial charge >= 0.3 is 12.2 Å². The smallest absolute Gasteiger partial charge is 0.425 e. The maximum atomic E-state index is 13.8.